The summed E-state index contributed by atoms with van der Waals surface area (Å²) in [6.45, 7) is -1.46. The van der Waals surface area contributed by atoms with Crippen LogP contribution in [0.2, 0.25) is 0 Å². The summed E-state index contributed by atoms with van der Waals surface area (Å²) in [7, 11) is 0. The fourth-order valence-electron chi connectivity index (χ4n) is 1.27. The summed E-state index contributed by atoms with van der Waals surface area (Å²) in [6.07, 6.45) is 0. The van der Waals surface area contributed by atoms with Crippen LogP contribution in [-0.2, 0) is 5.88 Å². The molecule has 6 heteroatoms. The number of carbonyl (C=O) groups is 1. The van der Waals surface area contributed by atoms with Crippen molar-refractivity contribution in [1.82, 2.24) is 0 Å². The number of rotatable bonds is 4. The Bertz CT molecular complexity index is 407. The fraction of sp³-hybridized carbons (Fsp3) is 0.300. The molecule has 0 saturated heterocycles. The van der Waals surface area contributed by atoms with Crippen molar-refractivity contribution in [2.75, 3.05) is 0 Å². The van der Waals surface area contributed by atoms with E-state index in [1.54, 1.807) is 0 Å². The first-order chi connectivity index (χ1) is 7.45. The molecule has 0 atom stereocenters. The number of halogens is 3. The Hall–Kier alpha value is -1.36. The highest BCUT2D eigenvalue weighted by Gasteiger charge is 2.15. The van der Waals surface area contributed by atoms with Gasteiger partial charge in [-0.3, -0.25) is 0 Å². The third-order valence-electron chi connectivity index (χ3n) is 2.00. The zero-order valence-corrected chi connectivity index (χ0v) is 9.09. The lowest BCUT2D eigenvalue weighted by atomic mass is 10.0. The summed E-state index contributed by atoms with van der Waals surface area (Å²) >= 11 is 5.53. The molecule has 0 bridgehead atoms. The maximum atomic E-state index is 12.0. The maximum Gasteiger partial charge on any atom is 0.387 e. The largest absolute Gasteiger partial charge is 0.478 e. The molecule has 1 rings (SSSR count). The normalized spacial score (nSPS) is 10.6. The van der Waals surface area contributed by atoms with Crippen molar-refractivity contribution in [1.29, 1.82) is 0 Å². The minimum Gasteiger partial charge on any atom is -0.478 e. The van der Waals surface area contributed by atoms with Crippen LogP contribution in [0.1, 0.15) is 21.5 Å². The molecule has 0 unspecified atom stereocenters. The van der Waals surface area contributed by atoms with Gasteiger partial charge in [-0.1, -0.05) is 0 Å². The summed E-state index contributed by atoms with van der Waals surface area (Å²) < 4.78 is 28.3. The minimum absolute atomic E-state index is 0.0252. The quantitative estimate of drug-likeness (QED) is 0.836. The lowest BCUT2D eigenvalue weighted by Crippen LogP contribution is -2.07. The van der Waals surface area contributed by atoms with Crippen LogP contribution in [0.25, 0.3) is 0 Å². The lowest BCUT2D eigenvalue weighted by molar-refractivity contribution is -0.0503. The van der Waals surface area contributed by atoms with Gasteiger partial charge >= 0.3 is 12.6 Å². The molecular formula is C10H9ClF2O3. The molecular weight excluding hydrogens is 242 g/mol. The predicted octanol–water partition coefficient (Wildman–Crippen LogP) is 3.03. The van der Waals surface area contributed by atoms with Gasteiger partial charge in [-0.15, -0.1) is 11.6 Å². The van der Waals surface area contributed by atoms with E-state index in [2.05, 4.69) is 4.74 Å². The highest BCUT2D eigenvalue weighted by molar-refractivity contribution is 6.17. The van der Waals surface area contributed by atoms with E-state index in [-0.39, 0.29) is 22.8 Å². The van der Waals surface area contributed by atoms with Gasteiger partial charge in [0.05, 0.1) is 11.4 Å². The summed E-state index contributed by atoms with van der Waals surface area (Å²) in [6, 6.07) is 2.48. The molecule has 0 heterocycles. The van der Waals surface area contributed by atoms with Gasteiger partial charge in [0, 0.05) is 5.56 Å². The van der Waals surface area contributed by atoms with Gasteiger partial charge in [-0.05, 0) is 24.6 Å². The van der Waals surface area contributed by atoms with Gasteiger partial charge in [-0.25, -0.2) is 4.79 Å². The molecule has 0 aromatic heterocycles. The Labute approximate surface area is 95.6 Å². The Morgan fingerprint density at radius 1 is 1.56 bits per heavy atom. The molecule has 0 aliphatic heterocycles. The number of aryl methyl sites for hydroxylation is 1. The Morgan fingerprint density at radius 3 is 2.62 bits per heavy atom. The number of hydrogen-bond donors (Lipinski definition) is 1. The van der Waals surface area contributed by atoms with E-state index in [1.807, 2.05) is 0 Å². The van der Waals surface area contributed by atoms with Gasteiger partial charge in [0.2, 0.25) is 0 Å². The Balaban J connectivity index is 3.21. The van der Waals surface area contributed by atoms with Gasteiger partial charge in [-0.2, -0.15) is 8.78 Å². The van der Waals surface area contributed by atoms with Crippen molar-refractivity contribution in [2.45, 2.75) is 19.4 Å². The summed E-state index contributed by atoms with van der Waals surface area (Å²) in [5.41, 5.74) is 0.597. The van der Waals surface area contributed by atoms with Crippen LogP contribution in [0, 0.1) is 6.92 Å². The van der Waals surface area contributed by atoms with E-state index in [9.17, 15) is 13.6 Å². The number of hydrogen-bond acceptors (Lipinski definition) is 2. The van der Waals surface area contributed by atoms with E-state index >= 15 is 0 Å². The molecule has 88 valence electrons. The number of aromatic carboxylic acids is 1. The van der Waals surface area contributed by atoms with E-state index in [4.69, 9.17) is 16.7 Å². The van der Waals surface area contributed by atoms with Crippen LogP contribution in [0.3, 0.4) is 0 Å². The predicted molar refractivity (Wildman–Crippen MR) is 54.3 cm³/mol. The van der Waals surface area contributed by atoms with Crippen molar-refractivity contribution < 1.29 is 23.4 Å². The zero-order valence-electron chi connectivity index (χ0n) is 8.34. The van der Waals surface area contributed by atoms with E-state index < -0.39 is 12.6 Å². The summed E-state index contributed by atoms with van der Waals surface area (Å²) in [5.74, 6) is -1.32. The number of benzene rings is 1. The monoisotopic (exact) mass is 250 g/mol. The van der Waals surface area contributed by atoms with E-state index in [1.165, 1.54) is 19.1 Å². The zero-order chi connectivity index (χ0) is 12.3. The molecule has 1 aromatic rings. The smallest absolute Gasteiger partial charge is 0.387 e. The van der Waals surface area contributed by atoms with Gasteiger partial charge in [0.25, 0.3) is 0 Å². The topological polar surface area (TPSA) is 46.5 Å². The van der Waals surface area contributed by atoms with Crippen molar-refractivity contribution in [3.8, 4) is 5.75 Å². The second kappa shape index (κ2) is 5.12. The molecule has 0 radical (unpaired) electrons. The Morgan fingerprint density at radius 2 is 2.19 bits per heavy atom. The van der Waals surface area contributed by atoms with Crippen molar-refractivity contribution in [2.24, 2.45) is 0 Å². The van der Waals surface area contributed by atoms with Crippen LogP contribution >= 0.6 is 11.6 Å². The van der Waals surface area contributed by atoms with Crippen LogP contribution in [0.5, 0.6) is 5.75 Å². The first kappa shape index (κ1) is 12.7. The SMILES string of the molecule is Cc1cc(OC(F)F)c(CCl)cc1C(=O)O. The fourth-order valence-corrected chi connectivity index (χ4v) is 1.48. The van der Waals surface area contributed by atoms with Gasteiger partial charge in [0.15, 0.2) is 0 Å². The molecule has 0 amide bonds. The minimum atomic E-state index is -2.96. The van der Waals surface area contributed by atoms with Crippen LogP contribution in [-0.4, -0.2) is 17.7 Å². The number of carboxylic acid groups (broad SMARTS) is 1. The molecule has 0 saturated carbocycles. The van der Waals surface area contributed by atoms with Crippen LogP contribution in [0.15, 0.2) is 12.1 Å². The van der Waals surface area contributed by atoms with Crippen molar-refractivity contribution in [3.05, 3.63) is 28.8 Å². The van der Waals surface area contributed by atoms with Crippen LogP contribution in [0.4, 0.5) is 8.78 Å². The average molecular weight is 251 g/mol. The number of ether oxygens (including phenoxy) is 1. The standard InChI is InChI=1S/C10H9ClF2O3/c1-5-2-8(16-10(12)13)6(4-11)3-7(5)9(14)15/h2-3,10H,4H2,1H3,(H,14,15). The first-order valence-electron chi connectivity index (χ1n) is 4.33. The molecule has 1 N–H and O–H groups in total. The number of alkyl halides is 3. The molecule has 0 aliphatic carbocycles. The number of carboxylic acids is 1. The molecule has 16 heavy (non-hydrogen) atoms. The molecule has 0 aliphatic rings. The highest BCUT2D eigenvalue weighted by atomic mass is 35.5. The second-order valence-corrected chi connectivity index (χ2v) is 3.36. The summed E-state index contributed by atoms with van der Waals surface area (Å²) in [4.78, 5) is 10.8. The van der Waals surface area contributed by atoms with Crippen LogP contribution < -0.4 is 4.74 Å². The average Bonchev–Trinajstić information content (AvgIpc) is 2.16. The third kappa shape index (κ3) is 2.82. The Kier molecular flexibility index (Phi) is 4.06. The molecule has 1 aromatic carbocycles. The summed E-state index contributed by atoms with van der Waals surface area (Å²) in [5, 5.41) is 8.83. The molecule has 3 nitrogen and oxygen atoms in total. The maximum absolute atomic E-state index is 12.0. The first-order valence-corrected chi connectivity index (χ1v) is 4.86. The van der Waals surface area contributed by atoms with E-state index in [0.29, 0.717) is 5.56 Å². The second-order valence-electron chi connectivity index (χ2n) is 3.09. The van der Waals surface area contributed by atoms with Crippen molar-refractivity contribution >= 4 is 17.6 Å². The van der Waals surface area contributed by atoms with Gasteiger partial charge < -0.3 is 9.84 Å². The molecule has 0 fully saturated rings. The lowest BCUT2D eigenvalue weighted by Gasteiger charge is -2.11. The van der Waals surface area contributed by atoms with Gasteiger partial charge in [0.1, 0.15) is 5.75 Å². The third-order valence-corrected chi connectivity index (χ3v) is 2.29. The van der Waals surface area contributed by atoms with Crippen molar-refractivity contribution in [3.63, 3.8) is 0 Å². The highest BCUT2D eigenvalue weighted by Crippen LogP contribution is 2.26. The molecule has 0 spiro atoms. The van der Waals surface area contributed by atoms with E-state index in [0.717, 1.165) is 0 Å².